The summed E-state index contributed by atoms with van der Waals surface area (Å²) in [6.07, 6.45) is 3.93. The lowest BCUT2D eigenvalue weighted by Crippen LogP contribution is -2.33. The highest BCUT2D eigenvalue weighted by Crippen LogP contribution is 2.31. The third kappa shape index (κ3) is 5.28. The summed E-state index contributed by atoms with van der Waals surface area (Å²) < 4.78 is 7.39. The average molecular weight is 397 g/mol. The lowest BCUT2D eigenvalue weighted by molar-refractivity contribution is -0.126. The van der Waals surface area contributed by atoms with Gasteiger partial charge in [-0.25, -0.2) is 4.79 Å². The Balaban J connectivity index is 1.51. The summed E-state index contributed by atoms with van der Waals surface area (Å²) in [5.74, 6) is 0.570. The van der Waals surface area contributed by atoms with Gasteiger partial charge in [0.15, 0.2) is 0 Å². The van der Waals surface area contributed by atoms with Gasteiger partial charge in [-0.1, -0.05) is 30.3 Å². The van der Waals surface area contributed by atoms with Gasteiger partial charge in [0.2, 0.25) is 5.91 Å². The van der Waals surface area contributed by atoms with Crippen LogP contribution < -0.4 is 5.32 Å². The van der Waals surface area contributed by atoms with Crippen LogP contribution >= 0.6 is 0 Å². The first-order valence-corrected chi connectivity index (χ1v) is 10.6. The molecule has 29 heavy (non-hydrogen) atoms. The molecule has 0 unspecified atom stereocenters. The van der Waals surface area contributed by atoms with Gasteiger partial charge in [-0.3, -0.25) is 4.79 Å². The fourth-order valence-corrected chi connectivity index (χ4v) is 4.29. The summed E-state index contributed by atoms with van der Waals surface area (Å²) in [6.45, 7) is 7.73. The monoisotopic (exact) mass is 396 g/mol. The van der Waals surface area contributed by atoms with Crippen LogP contribution in [0.3, 0.4) is 0 Å². The van der Waals surface area contributed by atoms with E-state index in [9.17, 15) is 9.59 Å². The zero-order valence-corrected chi connectivity index (χ0v) is 17.7. The van der Waals surface area contributed by atoms with E-state index in [0.717, 1.165) is 49.2 Å². The summed E-state index contributed by atoms with van der Waals surface area (Å²) >= 11 is 0. The summed E-state index contributed by atoms with van der Waals surface area (Å²) in [7, 11) is 0. The molecule has 1 aliphatic rings. The van der Waals surface area contributed by atoms with Crippen molar-refractivity contribution in [3.63, 3.8) is 0 Å². The van der Waals surface area contributed by atoms with Crippen LogP contribution in [-0.4, -0.2) is 23.1 Å². The molecule has 1 fully saturated rings. The van der Waals surface area contributed by atoms with Gasteiger partial charge < -0.3 is 14.6 Å². The van der Waals surface area contributed by atoms with Gasteiger partial charge in [0.25, 0.3) is 0 Å². The lowest BCUT2D eigenvalue weighted by atomic mass is 9.81. The molecule has 5 heteroatoms. The molecule has 1 aromatic carbocycles. The Hall–Kier alpha value is -2.56. The van der Waals surface area contributed by atoms with Gasteiger partial charge in [0, 0.05) is 30.4 Å². The van der Waals surface area contributed by atoms with E-state index < -0.39 is 0 Å². The molecule has 2 aromatic rings. The second-order valence-corrected chi connectivity index (χ2v) is 8.04. The van der Waals surface area contributed by atoms with Crippen LogP contribution in [0.2, 0.25) is 0 Å². The maximum atomic E-state index is 12.5. The topological polar surface area (TPSA) is 60.3 Å². The molecule has 1 saturated carbocycles. The van der Waals surface area contributed by atoms with E-state index in [4.69, 9.17) is 4.74 Å². The number of esters is 1. The summed E-state index contributed by atoms with van der Waals surface area (Å²) in [5.41, 5.74) is 3.86. The highest BCUT2D eigenvalue weighted by atomic mass is 16.5. The van der Waals surface area contributed by atoms with E-state index in [1.54, 1.807) is 0 Å². The minimum Gasteiger partial charge on any atom is -0.462 e. The number of hydrogen-bond acceptors (Lipinski definition) is 3. The molecule has 5 nitrogen and oxygen atoms in total. The molecule has 1 heterocycles. The van der Waals surface area contributed by atoms with Crippen molar-refractivity contribution in [3.8, 4) is 0 Å². The number of hydrogen-bond donors (Lipinski definition) is 1. The molecule has 0 spiro atoms. The van der Waals surface area contributed by atoms with E-state index in [2.05, 4.69) is 9.88 Å². The number of amides is 1. The highest BCUT2D eigenvalue weighted by Gasteiger charge is 2.27. The smallest absolute Gasteiger partial charge is 0.339 e. The number of benzene rings is 1. The number of carbonyl (C=O) groups excluding carboxylic acids is 2. The Bertz CT molecular complexity index is 833. The van der Waals surface area contributed by atoms with Crippen LogP contribution in [0.25, 0.3) is 0 Å². The molecular weight excluding hydrogens is 364 g/mol. The Labute approximate surface area is 173 Å². The fraction of sp³-hybridized carbons (Fsp3) is 0.500. The zero-order valence-electron chi connectivity index (χ0n) is 17.7. The van der Waals surface area contributed by atoms with Crippen molar-refractivity contribution in [2.24, 2.45) is 11.8 Å². The maximum absolute atomic E-state index is 12.5. The minimum atomic E-state index is -0.245. The van der Waals surface area contributed by atoms with E-state index in [0.29, 0.717) is 24.6 Å². The Morgan fingerprint density at radius 1 is 1.10 bits per heavy atom. The van der Waals surface area contributed by atoms with Gasteiger partial charge in [-0.05, 0) is 64.0 Å². The normalized spacial score (nSPS) is 19.0. The fourth-order valence-electron chi connectivity index (χ4n) is 4.29. The number of aromatic nitrogens is 1. The molecule has 0 bridgehead atoms. The number of aryl methyl sites for hydroxylation is 1. The van der Waals surface area contributed by atoms with Crippen molar-refractivity contribution in [2.75, 3.05) is 6.61 Å². The number of carbonyl (C=O) groups is 2. The van der Waals surface area contributed by atoms with Crippen LogP contribution in [-0.2, 0) is 22.6 Å². The first-order valence-electron chi connectivity index (χ1n) is 10.6. The van der Waals surface area contributed by atoms with Crippen molar-refractivity contribution < 1.29 is 14.3 Å². The number of nitrogens with zero attached hydrogens (tertiary/aromatic N) is 1. The zero-order chi connectivity index (χ0) is 20.8. The molecule has 3 rings (SSSR count). The molecule has 1 amide bonds. The van der Waals surface area contributed by atoms with Crippen LogP contribution in [0.1, 0.15) is 59.9 Å². The van der Waals surface area contributed by atoms with E-state index in [1.807, 2.05) is 57.2 Å². The molecule has 1 aromatic heterocycles. The van der Waals surface area contributed by atoms with Crippen molar-refractivity contribution in [1.29, 1.82) is 0 Å². The van der Waals surface area contributed by atoms with Crippen LogP contribution in [0.4, 0.5) is 0 Å². The van der Waals surface area contributed by atoms with Gasteiger partial charge in [0.05, 0.1) is 12.2 Å². The molecule has 0 saturated heterocycles. The van der Waals surface area contributed by atoms with Crippen LogP contribution in [0.15, 0.2) is 36.4 Å². The molecule has 156 valence electrons. The molecule has 0 radical (unpaired) electrons. The van der Waals surface area contributed by atoms with Crippen LogP contribution in [0, 0.1) is 25.7 Å². The van der Waals surface area contributed by atoms with Crippen molar-refractivity contribution in [2.45, 2.75) is 59.5 Å². The second-order valence-electron chi connectivity index (χ2n) is 8.04. The van der Waals surface area contributed by atoms with Crippen LogP contribution in [0.5, 0.6) is 0 Å². The largest absolute Gasteiger partial charge is 0.462 e. The highest BCUT2D eigenvalue weighted by molar-refractivity contribution is 5.91. The predicted molar refractivity (Wildman–Crippen MR) is 114 cm³/mol. The third-order valence-electron chi connectivity index (χ3n) is 6.04. The SMILES string of the molecule is CCOC(=O)c1cc(C)n(CC2CCC(C(=O)NCc3ccccc3)CC2)c1C. The minimum absolute atomic E-state index is 0.108. The lowest BCUT2D eigenvalue weighted by Gasteiger charge is -2.29. The van der Waals surface area contributed by atoms with Crippen molar-refractivity contribution in [3.05, 3.63) is 58.9 Å². The molecule has 1 N–H and O–H groups in total. The van der Waals surface area contributed by atoms with E-state index >= 15 is 0 Å². The Morgan fingerprint density at radius 2 is 1.79 bits per heavy atom. The van der Waals surface area contributed by atoms with Gasteiger partial charge in [-0.2, -0.15) is 0 Å². The van der Waals surface area contributed by atoms with Crippen molar-refractivity contribution >= 4 is 11.9 Å². The first-order chi connectivity index (χ1) is 14.0. The van der Waals surface area contributed by atoms with Crippen molar-refractivity contribution in [1.82, 2.24) is 9.88 Å². The van der Waals surface area contributed by atoms with E-state index in [-0.39, 0.29) is 17.8 Å². The van der Waals surface area contributed by atoms with Gasteiger partial charge in [0.1, 0.15) is 0 Å². The quantitative estimate of drug-likeness (QED) is 0.706. The average Bonchev–Trinajstić information content (AvgIpc) is 3.02. The third-order valence-corrected chi connectivity index (χ3v) is 6.04. The number of ether oxygens (including phenoxy) is 1. The van der Waals surface area contributed by atoms with E-state index in [1.165, 1.54) is 0 Å². The summed E-state index contributed by atoms with van der Waals surface area (Å²) in [5, 5.41) is 3.08. The molecule has 1 aliphatic carbocycles. The summed E-state index contributed by atoms with van der Waals surface area (Å²) in [4.78, 5) is 24.6. The first kappa shape index (κ1) is 21.2. The number of rotatable bonds is 7. The van der Waals surface area contributed by atoms with Gasteiger partial charge >= 0.3 is 5.97 Å². The predicted octanol–water partition coefficient (Wildman–Crippen LogP) is 4.40. The Kier molecular flexibility index (Phi) is 7.13. The number of nitrogens with one attached hydrogen (secondary N) is 1. The molecule has 0 atom stereocenters. The molecule has 0 aliphatic heterocycles. The molecular formula is C24H32N2O3. The standard InChI is InChI=1S/C24H32N2O3/c1-4-29-24(28)22-14-17(2)26(18(22)3)16-20-10-12-21(13-11-20)23(27)25-15-19-8-6-5-7-9-19/h5-9,14,20-21H,4,10-13,15-16H2,1-3H3,(H,25,27). The summed E-state index contributed by atoms with van der Waals surface area (Å²) in [6, 6.07) is 12.0. The maximum Gasteiger partial charge on any atom is 0.339 e. The van der Waals surface area contributed by atoms with Gasteiger partial charge in [-0.15, -0.1) is 0 Å². The second kappa shape index (κ2) is 9.77. The Morgan fingerprint density at radius 3 is 2.45 bits per heavy atom.